The molecule has 0 N–H and O–H groups in total. The van der Waals surface area contributed by atoms with Crippen LogP contribution in [0.4, 0.5) is 20.7 Å². The average Bonchev–Trinajstić information content (AvgIpc) is 3.12. The molecule has 0 aliphatic carbocycles. The standard InChI is InChI=1S/C24H30FN5O2/c1-24(2,3)32-23(31)30-10-8-16(9-11-30)17-6-7-20(18(25)12-17)29(5)22-13-21-19(14-26-22)27-15-28(21)4/h6-7,12-16H,8-11H2,1-5H3. The monoisotopic (exact) mass is 439 g/mol. The molecule has 0 spiro atoms. The van der Waals surface area contributed by atoms with Gasteiger partial charge in [0.25, 0.3) is 0 Å². The summed E-state index contributed by atoms with van der Waals surface area (Å²) in [6, 6.07) is 7.30. The summed E-state index contributed by atoms with van der Waals surface area (Å²) in [7, 11) is 3.73. The lowest BCUT2D eigenvalue weighted by Gasteiger charge is -2.33. The van der Waals surface area contributed by atoms with Crippen molar-refractivity contribution < 1.29 is 13.9 Å². The van der Waals surface area contributed by atoms with Crippen molar-refractivity contribution in [1.29, 1.82) is 0 Å². The van der Waals surface area contributed by atoms with Crippen LogP contribution in [-0.4, -0.2) is 51.3 Å². The summed E-state index contributed by atoms with van der Waals surface area (Å²) in [6.45, 7) is 6.81. The van der Waals surface area contributed by atoms with E-state index in [0.717, 1.165) is 29.4 Å². The molecule has 3 aromatic rings. The summed E-state index contributed by atoms with van der Waals surface area (Å²) >= 11 is 0. The van der Waals surface area contributed by atoms with Crippen LogP contribution in [0, 0.1) is 5.82 Å². The van der Waals surface area contributed by atoms with Gasteiger partial charge in [-0.1, -0.05) is 6.07 Å². The second-order valence-corrected chi connectivity index (χ2v) is 9.40. The normalized spacial score (nSPS) is 15.2. The van der Waals surface area contributed by atoms with Crippen molar-refractivity contribution in [2.24, 2.45) is 7.05 Å². The molecule has 0 unspecified atom stereocenters. The number of benzene rings is 1. The zero-order valence-corrected chi connectivity index (χ0v) is 19.3. The Morgan fingerprint density at radius 1 is 1.19 bits per heavy atom. The van der Waals surface area contributed by atoms with E-state index in [-0.39, 0.29) is 17.8 Å². The van der Waals surface area contributed by atoms with Crippen LogP contribution < -0.4 is 4.90 Å². The van der Waals surface area contributed by atoms with Gasteiger partial charge in [-0.25, -0.2) is 19.2 Å². The fourth-order valence-electron chi connectivity index (χ4n) is 4.10. The topological polar surface area (TPSA) is 63.5 Å². The second-order valence-electron chi connectivity index (χ2n) is 9.40. The molecular weight excluding hydrogens is 409 g/mol. The van der Waals surface area contributed by atoms with Gasteiger partial charge in [-0.15, -0.1) is 0 Å². The Bertz CT molecular complexity index is 1130. The van der Waals surface area contributed by atoms with E-state index in [1.807, 2.05) is 51.6 Å². The summed E-state index contributed by atoms with van der Waals surface area (Å²) in [5, 5.41) is 0. The fourth-order valence-corrected chi connectivity index (χ4v) is 4.10. The molecule has 170 valence electrons. The summed E-state index contributed by atoms with van der Waals surface area (Å²) in [4.78, 5) is 24.5. The smallest absolute Gasteiger partial charge is 0.410 e. The number of amides is 1. The molecule has 8 heteroatoms. The Kier molecular flexibility index (Phi) is 5.79. The average molecular weight is 440 g/mol. The number of carbonyl (C=O) groups excluding carboxylic acids is 1. The molecular formula is C24H30FN5O2. The Hall–Kier alpha value is -3.16. The molecule has 1 saturated heterocycles. The molecule has 1 amide bonds. The molecule has 0 saturated carbocycles. The van der Waals surface area contributed by atoms with Crippen molar-refractivity contribution in [3.63, 3.8) is 0 Å². The highest BCUT2D eigenvalue weighted by Crippen LogP contribution is 2.33. The molecule has 4 rings (SSSR count). The minimum atomic E-state index is -0.505. The van der Waals surface area contributed by atoms with Gasteiger partial charge in [-0.3, -0.25) is 0 Å². The number of aryl methyl sites for hydroxylation is 1. The minimum Gasteiger partial charge on any atom is -0.444 e. The van der Waals surface area contributed by atoms with Crippen LogP contribution in [0.5, 0.6) is 0 Å². The van der Waals surface area contributed by atoms with Crippen molar-refractivity contribution in [2.75, 3.05) is 25.0 Å². The van der Waals surface area contributed by atoms with Gasteiger partial charge in [0.1, 0.15) is 22.8 Å². The van der Waals surface area contributed by atoms with Gasteiger partial charge in [-0.05, 0) is 57.2 Å². The van der Waals surface area contributed by atoms with Crippen molar-refractivity contribution in [1.82, 2.24) is 19.4 Å². The van der Waals surface area contributed by atoms with E-state index in [9.17, 15) is 4.79 Å². The van der Waals surface area contributed by atoms with Crippen molar-refractivity contribution in [3.05, 3.63) is 48.2 Å². The molecule has 3 heterocycles. The summed E-state index contributed by atoms with van der Waals surface area (Å²) < 4.78 is 22.5. The molecule has 1 fully saturated rings. The summed E-state index contributed by atoms with van der Waals surface area (Å²) in [6.07, 6.45) is 4.72. The number of pyridine rings is 1. The number of fused-ring (bicyclic) bond motifs is 1. The molecule has 0 bridgehead atoms. The molecule has 2 aromatic heterocycles. The predicted octanol–water partition coefficient (Wildman–Crippen LogP) is 4.99. The molecule has 7 nitrogen and oxygen atoms in total. The van der Waals surface area contributed by atoms with Crippen LogP contribution in [0.1, 0.15) is 45.1 Å². The predicted molar refractivity (Wildman–Crippen MR) is 123 cm³/mol. The van der Waals surface area contributed by atoms with E-state index in [0.29, 0.717) is 24.6 Å². The number of ether oxygens (including phenoxy) is 1. The van der Waals surface area contributed by atoms with E-state index >= 15 is 4.39 Å². The zero-order chi connectivity index (χ0) is 23.0. The zero-order valence-electron chi connectivity index (χ0n) is 19.3. The van der Waals surface area contributed by atoms with E-state index in [1.165, 1.54) is 0 Å². The SMILES string of the molecule is CN(c1cc2c(cn1)ncn2C)c1ccc(C2CCN(C(=O)OC(C)(C)C)CC2)cc1F. The first-order chi connectivity index (χ1) is 15.1. The minimum absolute atomic E-state index is 0.214. The highest BCUT2D eigenvalue weighted by molar-refractivity contribution is 5.78. The number of hydrogen-bond donors (Lipinski definition) is 0. The lowest BCUT2D eigenvalue weighted by Crippen LogP contribution is -2.41. The quantitative estimate of drug-likeness (QED) is 0.575. The van der Waals surface area contributed by atoms with Gasteiger partial charge in [0.2, 0.25) is 0 Å². The number of imidazole rings is 1. The van der Waals surface area contributed by atoms with Gasteiger partial charge >= 0.3 is 6.09 Å². The molecule has 32 heavy (non-hydrogen) atoms. The van der Waals surface area contributed by atoms with Crippen molar-refractivity contribution in [3.8, 4) is 0 Å². The number of likely N-dealkylation sites (tertiary alicyclic amines) is 1. The van der Waals surface area contributed by atoms with Gasteiger partial charge in [0.15, 0.2) is 0 Å². The maximum Gasteiger partial charge on any atom is 0.410 e. The largest absolute Gasteiger partial charge is 0.444 e. The summed E-state index contributed by atoms with van der Waals surface area (Å²) in [5.41, 5.74) is 2.66. The first-order valence-corrected chi connectivity index (χ1v) is 10.9. The number of aromatic nitrogens is 3. The third-order valence-electron chi connectivity index (χ3n) is 5.89. The first-order valence-electron chi connectivity index (χ1n) is 10.9. The van der Waals surface area contributed by atoms with E-state index in [2.05, 4.69) is 9.97 Å². The highest BCUT2D eigenvalue weighted by atomic mass is 19.1. The second kappa shape index (κ2) is 8.41. The van der Waals surface area contributed by atoms with Crippen LogP contribution in [0.25, 0.3) is 11.0 Å². The van der Waals surface area contributed by atoms with Gasteiger partial charge in [-0.2, -0.15) is 0 Å². The highest BCUT2D eigenvalue weighted by Gasteiger charge is 2.28. The maximum atomic E-state index is 15.1. The molecule has 1 aromatic carbocycles. The molecule has 0 radical (unpaired) electrons. The van der Waals surface area contributed by atoms with Crippen molar-refractivity contribution >= 4 is 28.6 Å². The third-order valence-corrected chi connectivity index (χ3v) is 5.89. The Labute approximate surface area is 187 Å². The van der Waals surface area contributed by atoms with Crippen LogP contribution in [0.2, 0.25) is 0 Å². The maximum absolute atomic E-state index is 15.1. The van der Waals surface area contributed by atoms with Crippen LogP contribution in [0.3, 0.4) is 0 Å². The van der Waals surface area contributed by atoms with Crippen LogP contribution in [-0.2, 0) is 11.8 Å². The number of piperidine rings is 1. The number of anilines is 2. The van der Waals surface area contributed by atoms with E-state index in [1.54, 1.807) is 34.5 Å². The first kappa shape index (κ1) is 22.0. The Morgan fingerprint density at radius 2 is 1.91 bits per heavy atom. The number of hydrogen-bond acceptors (Lipinski definition) is 5. The molecule has 0 atom stereocenters. The fraction of sp³-hybridized carbons (Fsp3) is 0.458. The number of nitrogens with zero attached hydrogens (tertiary/aromatic N) is 5. The van der Waals surface area contributed by atoms with Gasteiger partial charge < -0.3 is 19.1 Å². The molecule has 1 aliphatic rings. The Morgan fingerprint density at radius 3 is 2.56 bits per heavy atom. The molecule has 1 aliphatic heterocycles. The van der Waals surface area contributed by atoms with E-state index < -0.39 is 5.60 Å². The number of halogens is 1. The Balaban J connectivity index is 1.45. The lowest BCUT2D eigenvalue weighted by molar-refractivity contribution is 0.0205. The van der Waals surface area contributed by atoms with Gasteiger partial charge in [0, 0.05) is 33.3 Å². The lowest BCUT2D eigenvalue weighted by atomic mass is 9.89. The van der Waals surface area contributed by atoms with Crippen LogP contribution in [0.15, 0.2) is 36.8 Å². The third kappa shape index (κ3) is 4.54. The van der Waals surface area contributed by atoms with Crippen LogP contribution >= 0.6 is 0 Å². The van der Waals surface area contributed by atoms with Crippen molar-refractivity contribution in [2.45, 2.75) is 45.1 Å². The van der Waals surface area contributed by atoms with E-state index in [4.69, 9.17) is 4.74 Å². The number of carbonyl (C=O) groups is 1. The summed E-state index contributed by atoms with van der Waals surface area (Å²) in [5.74, 6) is 0.580. The van der Waals surface area contributed by atoms with Gasteiger partial charge in [0.05, 0.1) is 23.7 Å². The number of rotatable bonds is 3.